The molecule has 0 aromatic carbocycles. The lowest BCUT2D eigenvalue weighted by atomic mass is 9.76. The first-order valence-electron chi connectivity index (χ1n) is 9.40. The van der Waals surface area contributed by atoms with Gasteiger partial charge >= 0.3 is 0 Å². The number of aromatic amines is 1. The zero-order chi connectivity index (χ0) is 19.4. The first-order valence-corrected chi connectivity index (χ1v) is 9.78. The summed E-state index contributed by atoms with van der Waals surface area (Å²) >= 11 is 5.82. The Morgan fingerprint density at radius 2 is 1.96 bits per heavy atom. The van der Waals surface area contributed by atoms with E-state index in [-0.39, 0.29) is 16.4 Å². The van der Waals surface area contributed by atoms with Crippen LogP contribution in [0.4, 0.5) is 10.2 Å². The van der Waals surface area contributed by atoms with Crippen LogP contribution in [0, 0.1) is 5.82 Å². The highest BCUT2D eigenvalue weighted by Crippen LogP contribution is 2.45. The molecule has 0 radical (unpaired) electrons. The largest absolute Gasteiger partial charge is 0.354 e. The van der Waals surface area contributed by atoms with Gasteiger partial charge in [0.05, 0.1) is 10.7 Å². The van der Waals surface area contributed by atoms with Gasteiger partial charge in [-0.05, 0) is 31.7 Å². The number of aromatic nitrogens is 3. The number of halogens is 2. The normalized spacial score (nSPS) is 18.8. The van der Waals surface area contributed by atoms with E-state index in [0.29, 0.717) is 23.9 Å². The molecule has 0 atom stereocenters. The third kappa shape index (κ3) is 3.14. The zero-order valence-electron chi connectivity index (χ0n) is 15.9. The van der Waals surface area contributed by atoms with Gasteiger partial charge in [0.15, 0.2) is 11.6 Å². The summed E-state index contributed by atoms with van der Waals surface area (Å²) in [4.78, 5) is 26.6. The van der Waals surface area contributed by atoms with Crippen molar-refractivity contribution in [1.82, 2.24) is 15.0 Å². The zero-order valence-corrected chi connectivity index (χ0v) is 16.7. The number of piperidine rings is 1. The quantitative estimate of drug-likeness (QED) is 0.805. The van der Waals surface area contributed by atoms with Crippen molar-refractivity contribution in [1.29, 1.82) is 0 Å². The van der Waals surface area contributed by atoms with E-state index in [1.807, 2.05) is 4.90 Å². The van der Waals surface area contributed by atoms with Crippen LogP contribution in [0.15, 0.2) is 17.1 Å². The molecule has 2 aromatic heterocycles. The smallest absolute Gasteiger partial charge is 0.254 e. The summed E-state index contributed by atoms with van der Waals surface area (Å²) in [6.45, 7) is 7.53. The number of hydrogen-bond acceptors (Lipinski definition) is 4. The van der Waals surface area contributed by atoms with Gasteiger partial charge < -0.3 is 9.88 Å². The Balaban J connectivity index is 1.63. The summed E-state index contributed by atoms with van der Waals surface area (Å²) in [5, 5.41) is 0.299. The molecule has 0 unspecified atom stereocenters. The lowest BCUT2D eigenvalue weighted by Gasteiger charge is -2.40. The number of anilines is 1. The van der Waals surface area contributed by atoms with E-state index >= 15 is 0 Å². The van der Waals surface area contributed by atoms with Crippen LogP contribution in [-0.2, 0) is 17.3 Å². The molecule has 144 valence electrons. The van der Waals surface area contributed by atoms with Gasteiger partial charge in [0, 0.05) is 35.7 Å². The molecule has 3 heterocycles. The Kier molecular flexibility index (Phi) is 4.29. The van der Waals surface area contributed by atoms with Crippen molar-refractivity contribution in [2.45, 2.75) is 57.3 Å². The molecule has 1 aliphatic heterocycles. The lowest BCUT2D eigenvalue weighted by Crippen LogP contribution is -2.43. The van der Waals surface area contributed by atoms with Crippen molar-refractivity contribution in [3.8, 4) is 0 Å². The molecule has 0 saturated carbocycles. The van der Waals surface area contributed by atoms with E-state index in [1.165, 1.54) is 12.3 Å². The monoisotopic (exact) mass is 390 g/mol. The van der Waals surface area contributed by atoms with Crippen LogP contribution in [-0.4, -0.2) is 28.0 Å². The van der Waals surface area contributed by atoms with Crippen molar-refractivity contribution in [3.05, 3.63) is 50.5 Å². The fraction of sp³-hybridized carbons (Fsp3) is 0.550. The van der Waals surface area contributed by atoms with Gasteiger partial charge in [0.1, 0.15) is 5.82 Å². The highest BCUT2D eigenvalue weighted by Gasteiger charge is 2.44. The van der Waals surface area contributed by atoms with E-state index < -0.39 is 5.82 Å². The topological polar surface area (TPSA) is 61.9 Å². The average Bonchev–Trinajstić information content (AvgIpc) is 2.94. The van der Waals surface area contributed by atoms with Crippen molar-refractivity contribution in [2.75, 3.05) is 18.0 Å². The fourth-order valence-electron chi connectivity index (χ4n) is 4.28. The second-order valence-corrected chi connectivity index (χ2v) is 9.15. The van der Waals surface area contributed by atoms with Gasteiger partial charge in [-0.1, -0.05) is 32.4 Å². The van der Waals surface area contributed by atoms with Crippen LogP contribution in [0.5, 0.6) is 0 Å². The van der Waals surface area contributed by atoms with Crippen LogP contribution in [0.3, 0.4) is 0 Å². The van der Waals surface area contributed by atoms with Crippen LogP contribution < -0.4 is 10.5 Å². The van der Waals surface area contributed by atoms with E-state index in [0.717, 1.165) is 42.8 Å². The summed E-state index contributed by atoms with van der Waals surface area (Å²) < 4.78 is 14.2. The fourth-order valence-corrected chi connectivity index (χ4v) is 4.42. The molecule has 1 aliphatic carbocycles. The second kappa shape index (κ2) is 6.30. The molecular formula is C20H24ClFN4O. The molecule has 0 amide bonds. The van der Waals surface area contributed by atoms with E-state index in [4.69, 9.17) is 16.6 Å². The van der Waals surface area contributed by atoms with Crippen molar-refractivity contribution in [3.63, 3.8) is 0 Å². The van der Waals surface area contributed by atoms with Gasteiger partial charge in [0.2, 0.25) is 0 Å². The molecule has 1 spiro atoms. The molecule has 27 heavy (non-hydrogen) atoms. The first kappa shape index (κ1) is 18.4. The maximum absolute atomic E-state index is 14.2. The summed E-state index contributed by atoms with van der Waals surface area (Å²) in [5.41, 5.74) is 1.47. The molecular weight excluding hydrogens is 367 g/mol. The number of hydrogen-bond donors (Lipinski definition) is 1. The number of nitrogens with zero attached hydrogens (tertiary/aromatic N) is 3. The predicted octanol–water partition coefficient (Wildman–Crippen LogP) is 3.74. The molecule has 1 N–H and O–H groups in total. The van der Waals surface area contributed by atoms with Crippen molar-refractivity contribution in [2.24, 2.45) is 0 Å². The van der Waals surface area contributed by atoms with Gasteiger partial charge in [0.25, 0.3) is 5.56 Å². The molecule has 5 nitrogen and oxygen atoms in total. The highest BCUT2D eigenvalue weighted by atomic mass is 35.5. The summed E-state index contributed by atoms with van der Waals surface area (Å²) in [7, 11) is 0. The first-order chi connectivity index (χ1) is 12.7. The van der Waals surface area contributed by atoms with Gasteiger partial charge in [-0.25, -0.2) is 14.4 Å². The summed E-state index contributed by atoms with van der Waals surface area (Å²) in [6, 6.07) is 1.30. The summed E-state index contributed by atoms with van der Waals surface area (Å²) in [6.07, 6.45) is 4.84. The molecule has 4 rings (SSSR count). The Morgan fingerprint density at radius 1 is 1.26 bits per heavy atom. The lowest BCUT2D eigenvalue weighted by molar-refractivity contribution is 0.318. The van der Waals surface area contributed by atoms with Crippen LogP contribution in [0.25, 0.3) is 0 Å². The predicted molar refractivity (Wildman–Crippen MR) is 104 cm³/mol. The van der Waals surface area contributed by atoms with E-state index in [1.54, 1.807) is 0 Å². The van der Waals surface area contributed by atoms with Gasteiger partial charge in [-0.2, -0.15) is 0 Å². The van der Waals surface area contributed by atoms with E-state index in [2.05, 4.69) is 30.7 Å². The number of pyridine rings is 1. The Bertz CT molecular complexity index is 942. The highest BCUT2D eigenvalue weighted by molar-refractivity contribution is 6.30. The Labute approximate surface area is 163 Å². The molecule has 0 bridgehead atoms. The third-order valence-corrected chi connectivity index (χ3v) is 6.10. The number of rotatable bonds is 1. The number of nitrogens with one attached hydrogen (secondary N) is 1. The van der Waals surface area contributed by atoms with Crippen LogP contribution in [0.2, 0.25) is 5.02 Å². The number of H-pyrrole nitrogens is 1. The Hall–Kier alpha value is -1.95. The number of fused-ring (bicyclic) bond motifs is 2. The molecule has 1 saturated heterocycles. The maximum atomic E-state index is 14.2. The standard InChI is InChI=1S/C20H24ClFN4O/c1-19(2,3)18-24-15-13(17(27)25-18)4-5-20(15)6-8-26(9-7-20)16-14(22)10-12(21)11-23-16/h10-11H,4-9H2,1-3H3,(H,24,25,27). The van der Waals surface area contributed by atoms with Gasteiger partial charge in [-0.3, -0.25) is 4.79 Å². The van der Waals surface area contributed by atoms with E-state index in [9.17, 15) is 9.18 Å². The Morgan fingerprint density at radius 3 is 2.59 bits per heavy atom. The maximum Gasteiger partial charge on any atom is 0.254 e. The minimum atomic E-state index is -0.394. The molecule has 2 aliphatic rings. The molecule has 1 fully saturated rings. The molecule has 7 heteroatoms. The van der Waals surface area contributed by atoms with Gasteiger partial charge in [-0.15, -0.1) is 0 Å². The average molecular weight is 391 g/mol. The SMILES string of the molecule is CC(C)(C)c1nc2c(c(=O)[nH]1)CCC21CCN(c2ncc(Cl)cc2F)CC1. The minimum absolute atomic E-state index is 0.00496. The molecule has 2 aromatic rings. The minimum Gasteiger partial charge on any atom is -0.354 e. The van der Waals surface area contributed by atoms with Crippen molar-refractivity contribution < 1.29 is 4.39 Å². The van der Waals surface area contributed by atoms with Crippen molar-refractivity contribution >= 4 is 17.4 Å². The third-order valence-electron chi connectivity index (χ3n) is 5.89. The second-order valence-electron chi connectivity index (χ2n) is 8.72. The van der Waals surface area contributed by atoms with Crippen LogP contribution in [0.1, 0.15) is 57.1 Å². The van der Waals surface area contributed by atoms with Crippen LogP contribution >= 0.6 is 11.6 Å². The summed E-state index contributed by atoms with van der Waals surface area (Å²) in [5.74, 6) is 0.692.